The van der Waals surface area contributed by atoms with Crippen molar-refractivity contribution >= 4 is 5.97 Å². The molecule has 0 spiro atoms. The van der Waals surface area contributed by atoms with E-state index < -0.39 is 0 Å². The first kappa shape index (κ1) is 15.1. The molecular weight excluding hydrogens is 256 g/mol. The minimum absolute atomic E-state index is 0.336. The maximum atomic E-state index is 11.6. The van der Waals surface area contributed by atoms with E-state index in [-0.39, 0.29) is 5.97 Å². The average molecular weight is 280 g/mol. The number of esters is 1. The summed E-state index contributed by atoms with van der Waals surface area (Å²) in [7, 11) is 1.39. The van der Waals surface area contributed by atoms with E-state index >= 15 is 0 Å². The number of methoxy groups -OCH3 is 1. The Hall–Kier alpha value is -1.33. The highest BCUT2D eigenvalue weighted by Gasteiger charge is 2.22. The van der Waals surface area contributed by atoms with Gasteiger partial charge in [0.1, 0.15) is 17.1 Å². The maximum Gasteiger partial charge on any atom is 0.341 e. The predicted octanol–water partition coefficient (Wildman–Crippen LogP) is 1.94. The van der Waals surface area contributed by atoms with Gasteiger partial charge in [0.25, 0.3) is 0 Å². The Bertz CT molecular complexity index is 454. The molecule has 1 aromatic rings. The number of hydrogen-bond donors (Lipinski definition) is 1. The number of furan rings is 1. The lowest BCUT2D eigenvalue weighted by molar-refractivity contribution is 0.0599. The summed E-state index contributed by atoms with van der Waals surface area (Å²) in [5.74, 6) is 1.81. The Labute approximate surface area is 120 Å². The molecule has 5 heteroatoms. The van der Waals surface area contributed by atoms with Gasteiger partial charge in [-0.25, -0.2) is 4.79 Å². The van der Waals surface area contributed by atoms with E-state index in [0.717, 1.165) is 38.4 Å². The molecule has 5 nitrogen and oxygen atoms in total. The van der Waals surface area contributed by atoms with E-state index in [0.29, 0.717) is 17.2 Å². The van der Waals surface area contributed by atoms with Gasteiger partial charge in [0.2, 0.25) is 0 Å². The number of carbonyl (C=O) groups excluding carboxylic acids is 1. The monoisotopic (exact) mass is 280 g/mol. The average Bonchev–Trinajstić information content (AvgIpc) is 2.79. The van der Waals surface area contributed by atoms with Gasteiger partial charge in [-0.3, -0.25) is 4.90 Å². The first-order chi connectivity index (χ1) is 9.63. The number of hydrogen-bond acceptors (Lipinski definition) is 5. The van der Waals surface area contributed by atoms with Crippen molar-refractivity contribution in [1.29, 1.82) is 0 Å². The molecular formula is C15H24N2O3. The zero-order chi connectivity index (χ0) is 14.5. The van der Waals surface area contributed by atoms with Crippen molar-refractivity contribution in [1.82, 2.24) is 4.90 Å². The molecule has 0 radical (unpaired) electrons. The summed E-state index contributed by atoms with van der Waals surface area (Å²) < 4.78 is 10.4. The molecule has 1 unspecified atom stereocenters. The normalized spacial score (nSPS) is 20.1. The third-order valence-electron chi connectivity index (χ3n) is 3.93. The first-order valence-electron chi connectivity index (χ1n) is 7.24. The fraction of sp³-hybridized carbons (Fsp3) is 0.667. The van der Waals surface area contributed by atoms with Crippen molar-refractivity contribution in [3.05, 3.63) is 23.2 Å². The lowest BCUT2D eigenvalue weighted by Crippen LogP contribution is -2.35. The molecule has 1 atom stereocenters. The van der Waals surface area contributed by atoms with E-state index in [1.807, 2.05) is 0 Å². The number of ether oxygens (including phenoxy) is 1. The molecule has 1 aliphatic heterocycles. The fourth-order valence-corrected chi connectivity index (χ4v) is 2.92. The number of likely N-dealkylation sites (tertiary alicyclic amines) is 1. The van der Waals surface area contributed by atoms with Gasteiger partial charge in [0.05, 0.1) is 13.7 Å². The van der Waals surface area contributed by atoms with Gasteiger partial charge in [0.15, 0.2) is 0 Å². The standard InChI is InChI=1S/C15H24N2O3/c1-11-14(15(18)19-2)8-13(20-11)10-17-7-3-4-12(9-17)5-6-16/h8,12H,3-7,9-10,16H2,1-2H3. The Morgan fingerprint density at radius 2 is 2.40 bits per heavy atom. The minimum Gasteiger partial charge on any atom is -0.465 e. The quantitative estimate of drug-likeness (QED) is 0.835. The molecule has 20 heavy (non-hydrogen) atoms. The fourth-order valence-electron chi connectivity index (χ4n) is 2.92. The van der Waals surface area contributed by atoms with E-state index in [4.69, 9.17) is 14.9 Å². The third-order valence-corrected chi connectivity index (χ3v) is 3.93. The smallest absolute Gasteiger partial charge is 0.341 e. The molecule has 0 bridgehead atoms. The second-order valence-electron chi connectivity index (χ2n) is 5.49. The first-order valence-corrected chi connectivity index (χ1v) is 7.24. The Morgan fingerprint density at radius 3 is 3.10 bits per heavy atom. The zero-order valence-electron chi connectivity index (χ0n) is 12.4. The molecule has 2 heterocycles. The van der Waals surface area contributed by atoms with E-state index in [1.54, 1.807) is 13.0 Å². The van der Waals surface area contributed by atoms with E-state index in [2.05, 4.69) is 4.90 Å². The molecule has 2 rings (SSSR count). The number of nitrogens with zero attached hydrogens (tertiary/aromatic N) is 1. The van der Waals surface area contributed by atoms with Crippen LogP contribution in [0.3, 0.4) is 0 Å². The Kier molecular flexibility index (Phi) is 5.20. The van der Waals surface area contributed by atoms with Crippen LogP contribution in [0.4, 0.5) is 0 Å². The van der Waals surface area contributed by atoms with Crippen LogP contribution in [0.25, 0.3) is 0 Å². The Morgan fingerprint density at radius 1 is 1.60 bits per heavy atom. The zero-order valence-corrected chi connectivity index (χ0v) is 12.4. The van der Waals surface area contributed by atoms with Crippen molar-refractivity contribution in [3.63, 3.8) is 0 Å². The highest BCUT2D eigenvalue weighted by Crippen LogP contribution is 2.23. The number of rotatable bonds is 5. The van der Waals surface area contributed by atoms with Gasteiger partial charge in [-0.2, -0.15) is 0 Å². The van der Waals surface area contributed by atoms with Crippen LogP contribution >= 0.6 is 0 Å². The van der Waals surface area contributed by atoms with Gasteiger partial charge in [-0.05, 0) is 51.3 Å². The van der Waals surface area contributed by atoms with Crippen LogP contribution in [0.15, 0.2) is 10.5 Å². The highest BCUT2D eigenvalue weighted by atomic mass is 16.5. The number of carbonyl (C=O) groups is 1. The van der Waals surface area contributed by atoms with Crippen LogP contribution in [0, 0.1) is 12.8 Å². The van der Waals surface area contributed by atoms with Crippen LogP contribution < -0.4 is 5.73 Å². The summed E-state index contributed by atoms with van der Waals surface area (Å²) >= 11 is 0. The van der Waals surface area contributed by atoms with Crippen LogP contribution in [0.5, 0.6) is 0 Å². The predicted molar refractivity (Wildman–Crippen MR) is 76.5 cm³/mol. The molecule has 0 aliphatic carbocycles. The molecule has 2 N–H and O–H groups in total. The summed E-state index contributed by atoms with van der Waals surface area (Å²) in [6.07, 6.45) is 3.55. The number of nitrogens with two attached hydrogens (primary N) is 1. The van der Waals surface area contributed by atoms with E-state index in [9.17, 15) is 4.79 Å². The summed E-state index contributed by atoms with van der Waals surface area (Å²) in [4.78, 5) is 13.9. The second kappa shape index (κ2) is 6.90. The molecule has 1 saturated heterocycles. The number of piperidine rings is 1. The lowest BCUT2D eigenvalue weighted by atomic mass is 9.95. The molecule has 0 aromatic carbocycles. The van der Waals surface area contributed by atoms with Crippen molar-refractivity contribution in [2.24, 2.45) is 11.7 Å². The summed E-state index contributed by atoms with van der Waals surface area (Å²) in [6, 6.07) is 1.80. The van der Waals surface area contributed by atoms with Crippen LogP contribution in [0.2, 0.25) is 0 Å². The van der Waals surface area contributed by atoms with Crippen molar-refractivity contribution in [2.75, 3.05) is 26.7 Å². The number of aryl methyl sites for hydroxylation is 1. The molecule has 0 saturated carbocycles. The van der Waals surface area contributed by atoms with Crippen LogP contribution in [-0.2, 0) is 11.3 Å². The van der Waals surface area contributed by atoms with E-state index in [1.165, 1.54) is 20.0 Å². The van der Waals surface area contributed by atoms with Gasteiger partial charge in [0, 0.05) is 6.54 Å². The topological polar surface area (TPSA) is 68.7 Å². The van der Waals surface area contributed by atoms with Crippen molar-refractivity contribution in [2.45, 2.75) is 32.7 Å². The minimum atomic E-state index is -0.336. The van der Waals surface area contributed by atoms with Gasteiger partial charge in [-0.15, -0.1) is 0 Å². The van der Waals surface area contributed by atoms with Gasteiger partial charge in [-0.1, -0.05) is 0 Å². The van der Waals surface area contributed by atoms with Crippen molar-refractivity contribution in [3.8, 4) is 0 Å². The van der Waals surface area contributed by atoms with Gasteiger partial charge < -0.3 is 14.9 Å². The highest BCUT2D eigenvalue weighted by molar-refractivity contribution is 5.90. The summed E-state index contributed by atoms with van der Waals surface area (Å²) in [5.41, 5.74) is 6.17. The van der Waals surface area contributed by atoms with Gasteiger partial charge >= 0.3 is 5.97 Å². The summed E-state index contributed by atoms with van der Waals surface area (Å²) in [6.45, 7) is 5.44. The third kappa shape index (κ3) is 3.61. The molecule has 1 fully saturated rings. The molecule has 1 aromatic heterocycles. The van der Waals surface area contributed by atoms with Crippen LogP contribution in [0.1, 0.15) is 41.1 Å². The second-order valence-corrected chi connectivity index (χ2v) is 5.49. The summed E-state index contributed by atoms with van der Waals surface area (Å²) in [5, 5.41) is 0. The lowest BCUT2D eigenvalue weighted by Gasteiger charge is -2.31. The Balaban J connectivity index is 1.97. The SMILES string of the molecule is COC(=O)c1cc(CN2CCCC(CCN)C2)oc1C. The maximum absolute atomic E-state index is 11.6. The molecule has 112 valence electrons. The molecule has 0 amide bonds. The van der Waals surface area contributed by atoms with Crippen LogP contribution in [-0.4, -0.2) is 37.6 Å². The largest absolute Gasteiger partial charge is 0.465 e. The molecule has 1 aliphatic rings. The van der Waals surface area contributed by atoms with Crippen molar-refractivity contribution < 1.29 is 13.9 Å².